The SMILES string of the molecule is CCNC(C)Cc1cccc(C(F)(F)F)c1.CCNP(=S)(OC)O/C(C)=C/C(=O)OC(C)C.Cl. The fourth-order valence-corrected chi connectivity index (χ4v) is 4.45. The number of rotatable bonds is 11. The minimum Gasteiger partial charge on any atom is -0.460 e. The van der Waals surface area contributed by atoms with Gasteiger partial charge in [0.25, 0.3) is 0 Å². The number of hydrogen-bond donors (Lipinski definition) is 2. The standard InChI is InChI=1S/C12H16F3N.C10H20NO4PS.ClH/c1-3-16-9(2)7-10-5-4-6-11(8-10)12(13,14)15;1-6-11-16(17,13-5)15-9(4)7-10(12)14-8(2)3;/h4-6,8-9,16H,3,7H2,1-2H3;7-8H,6H2,1-5H3,(H,11,17);1H/b;9-7+;. The highest BCUT2D eigenvalue weighted by molar-refractivity contribution is 8.09. The van der Waals surface area contributed by atoms with E-state index in [1.54, 1.807) is 26.8 Å². The van der Waals surface area contributed by atoms with Gasteiger partial charge in [0.2, 0.25) is 0 Å². The highest BCUT2D eigenvalue weighted by Crippen LogP contribution is 2.45. The van der Waals surface area contributed by atoms with Crippen LogP contribution in [0.5, 0.6) is 0 Å². The van der Waals surface area contributed by atoms with Crippen LogP contribution in [0.1, 0.15) is 52.7 Å². The summed E-state index contributed by atoms with van der Waals surface area (Å²) in [6.07, 6.45) is -2.54. The number of hydrogen-bond acceptors (Lipinski definition) is 6. The lowest BCUT2D eigenvalue weighted by molar-refractivity contribution is -0.141. The van der Waals surface area contributed by atoms with E-state index in [1.807, 2.05) is 20.8 Å². The number of carbonyl (C=O) groups is 1. The molecule has 0 radical (unpaired) electrons. The Bertz CT molecular complexity index is 811. The van der Waals surface area contributed by atoms with Crippen molar-refractivity contribution in [2.45, 2.75) is 66.3 Å². The van der Waals surface area contributed by atoms with Crippen LogP contribution in [0, 0.1) is 0 Å². The molecule has 1 rings (SSSR count). The summed E-state index contributed by atoms with van der Waals surface area (Å²) in [4.78, 5) is 11.3. The molecule has 1 aromatic rings. The van der Waals surface area contributed by atoms with E-state index in [-0.39, 0.29) is 24.6 Å². The van der Waals surface area contributed by atoms with Crippen LogP contribution in [0.4, 0.5) is 13.2 Å². The molecule has 0 spiro atoms. The summed E-state index contributed by atoms with van der Waals surface area (Å²) in [5.41, 5.74) is 0.136. The molecule has 0 bridgehead atoms. The van der Waals surface area contributed by atoms with Crippen LogP contribution in [0.25, 0.3) is 0 Å². The smallest absolute Gasteiger partial charge is 0.416 e. The van der Waals surface area contributed by atoms with E-state index in [0.717, 1.165) is 12.6 Å². The Hall–Kier alpha value is -1.16. The summed E-state index contributed by atoms with van der Waals surface area (Å²) in [6, 6.07) is 5.68. The van der Waals surface area contributed by atoms with Crippen LogP contribution in [0.3, 0.4) is 0 Å². The predicted octanol–water partition coefficient (Wildman–Crippen LogP) is 6.01. The molecule has 0 aromatic heterocycles. The summed E-state index contributed by atoms with van der Waals surface area (Å²) in [7, 11) is 1.48. The molecule has 0 heterocycles. The van der Waals surface area contributed by atoms with Gasteiger partial charge in [-0.25, -0.2) is 9.88 Å². The number of nitrogens with one attached hydrogen (secondary N) is 2. The summed E-state index contributed by atoms with van der Waals surface area (Å²) in [6.45, 7) is 9.94. The van der Waals surface area contributed by atoms with Crippen molar-refractivity contribution < 1.29 is 31.8 Å². The second kappa shape index (κ2) is 17.3. The van der Waals surface area contributed by atoms with Crippen LogP contribution >= 0.6 is 19.0 Å². The van der Waals surface area contributed by atoms with Crippen molar-refractivity contribution in [1.29, 1.82) is 0 Å². The van der Waals surface area contributed by atoms with Gasteiger partial charge in [0.1, 0.15) is 5.76 Å². The number of esters is 1. The van der Waals surface area contributed by atoms with Crippen molar-refractivity contribution in [3.8, 4) is 0 Å². The first kappa shape index (κ1) is 35.0. The molecule has 198 valence electrons. The number of halogens is 4. The lowest BCUT2D eigenvalue weighted by Gasteiger charge is -2.21. The van der Waals surface area contributed by atoms with Gasteiger partial charge in [-0.05, 0) is 64.1 Å². The fourth-order valence-electron chi connectivity index (χ4n) is 2.62. The van der Waals surface area contributed by atoms with Gasteiger partial charge in [-0.2, -0.15) is 13.2 Å². The zero-order chi connectivity index (χ0) is 25.7. The van der Waals surface area contributed by atoms with E-state index < -0.39 is 24.4 Å². The van der Waals surface area contributed by atoms with Crippen LogP contribution in [-0.4, -0.2) is 38.3 Å². The van der Waals surface area contributed by atoms with Crippen molar-refractivity contribution in [3.05, 3.63) is 47.2 Å². The van der Waals surface area contributed by atoms with Gasteiger partial charge < -0.3 is 19.1 Å². The van der Waals surface area contributed by atoms with Crippen LogP contribution in [0.2, 0.25) is 0 Å². The van der Waals surface area contributed by atoms with Gasteiger partial charge >= 0.3 is 18.8 Å². The number of alkyl halides is 3. The molecule has 2 unspecified atom stereocenters. The Morgan fingerprint density at radius 3 is 2.29 bits per heavy atom. The molecule has 0 amide bonds. The van der Waals surface area contributed by atoms with Gasteiger partial charge in [0.05, 0.1) is 17.7 Å². The molecular weight excluding hydrogens is 512 g/mol. The first-order valence-corrected chi connectivity index (χ1v) is 13.3. The highest BCUT2D eigenvalue weighted by atomic mass is 35.5. The average molecular weight is 549 g/mol. The van der Waals surface area contributed by atoms with E-state index >= 15 is 0 Å². The predicted molar refractivity (Wildman–Crippen MR) is 137 cm³/mol. The molecule has 34 heavy (non-hydrogen) atoms. The highest BCUT2D eigenvalue weighted by Gasteiger charge is 2.30. The topological polar surface area (TPSA) is 68.8 Å². The summed E-state index contributed by atoms with van der Waals surface area (Å²) < 4.78 is 52.8. The lowest BCUT2D eigenvalue weighted by atomic mass is 10.0. The van der Waals surface area contributed by atoms with Crippen molar-refractivity contribution in [3.63, 3.8) is 0 Å². The van der Waals surface area contributed by atoms with E-state index in [4.69, 9.17) is 25.6 Å². The molecule has 2 N–H and O–H groups in total. The monoisotopic (exact) mass is 548 g/mol. The maximum absolute atomic E-state index is 12.4. The van der Waals surface area contributed by atoms with E-state index in [9.17, 15) is 18.0 Å². The van der Waals surface area contributed by atoms with Gasteiger partial charge in [0.15, 0.2) is 0 Å². The molecule has 6 nitrogen and oxygen atoms in total. The quantitative estimate of drug-likeness (QED) is 0.152. The molecule has 1 aromatic carbocycles. The molecule has 0 aliphatic rings. The van der Waals surface area contributed by atoms with E-state index in [2.05, 4.69) is 10.4 Å². The third-order valence-corrected chi connectivity index (χ3v) is 6.65. The molecule has 0 aliphatic carbocycles. The largest absolute Gasteiger partial charge is 0.460 e. The molecular formula is C22H37ClF3N2O4PS. The molecule has 0 saturated carbocycles. The zero-order valence-corrected chi connectivity index (χ0v) is 23.2. The Morgan fingerprint density at radius 2 is 1.82 bits per heavy atom. The molecule has 0 saturated heterocycles. The van der Waals surface area contributed by atoms with Crippen LogP contribution in [-0.2, 0) is 43.0 Å². The first-order chi connectivity index (χ1) is 15.3. The van der Waals surface area contributed by atoms with Crippen molar-refractivity contribution in [2.24, 2.45) is 0 Å². The number of allylic oxidation sites excluding steroid dienone is 1. The summed E-state index contributed by atoms with van der Waals surface area (Å²) in [5, 5.41) is 6.11. The minimum absolute atomic E-state index is 0. The normalized spacial score (nSPS) is 14.3. The number of benzene rings is 1. The minimum atomic E-state index is -4.25. The molecule has 12 heteroatoms. The third-order valence-electron chi connectivity index (χ3n) is 3.88. The number of likely N-dealkylation sites (N-methyl/N-ethyl adjacent to an activating group) is 1. The molecule has 2 atom stereocenters. The number of carbonyl (C=O) groups excluding carboxylic acids is 1. The van der Waals surface area contributed by atoms with Crippen LogP contribution in [0.15, 0.2) is 36.1 Å². The zero-order valence-electron chi connectivity index (χ0n) is 20.7. The fraction of sp³-hybridized carbons (Fsp3) is 0.591. The van der Waals surface area contributed by atoms with Crippen molar-refractivity contribution in [2.75, 3.05) is 20.2 Å². The van der Waals surface area contributed by atoms with Crippen molar-refractivity contribution in [1.82, 2.24) is 10.4 Å². The average Bonchev–Trinajstić information content (AvgIpc) is 2.67. The Labute approximate surface area is 212 Å². The van der Waals surface area contributed by atoms with Crippen LogP contribution < -0.4 is 10.4 Å². The van der Waals surface area contributed by atoms with Gasteiger partial charge in [0, 0.05) is 19.7 Å². The number of ether oxygens (including phenoxy) is 1. The molecule has 0 aliphatic heterocycles. The van der Waals surface area contributed by atoms with Gasteiger partial charge in [-0.3, -0.25) is 0 Å². The van der Waals surface area contributed by atoms with E-state index in [1.165, 1.54) is 25.3 Å². The Morgan fingerprint density at radius 1 is 1.21 bits per heavy atom. The maximum atomic E-state index is 12.4. The maximum Gasteiger partial charge on any atom is 0.416 e. The van der Waals surface area contributed by atoms with E-state index in [0.29, 0.717) is 24.3 Å². The first-order valence-electron chi connectivity index (χ1n) is 10.6. The second-order valence-electron chi connectivity index (χ2n) is 7.38. The lowest BCUT2D eigenvalue weighted by Crippen LogP contribution is -2.27. The third kappa shape index (κ3) is 15.7. The van der Waals surface area contributed by atoms with Gasteiger partial charge in [-0.1, -0.05) is 32.0 Å². The summed E-state index contributed by atoms with van der Waals surface area (Å²) in [5.74, 6) is -0.0755. The molecule has 0 fully saturated rings. The Kier molecular flexibility index (Phi) is 17.8. The van der Waals surface area contributed by atoms with Gasteiger partial charge in [-0.15, -0.1) is 12.4 Å². The second-order valence-corrected chi connectivity index (χ2v) is 10.7. The summed E-state index contributed by atoms with van der Waals surface area (Å²) >= 11 is 5.18. The Balaban J connectivity index is 0. The van der Waals surface area contributed by atoms with Crippen molar-refractivity contribution >= 4 is 36.8 Å².